The predicted molar refractivity (Wildman–Crippen MR) is 105 cm³/mol. The lowest BCUT2D eigenvalue weighted by atomic mass is 9.95. The number of benzene rings is 2. The smallest absolute Gasteiger partial charge is 0.247 e. The van der Waals surface area contributed by atoms with E-state index in [0.29, 0.717) is 25.9 Å². The minimum Gasteiger partial charge on any atom is -0.329 e. The van der Waals surface area contributed by atoms with Crippen LogP contribution < -0.4 is 10.6 Å². The van der Waals surface area contributed by atoms with E-state index in [9.17, 15) is 9.59 Å². The highest BCUT2D eigenvalue weighted by Crippen LogP contribution is 2.23. The van der Waals surface area contributed by atoms with Gasteiger partial charge in [-0.05, 0) is 49.4 Å². The summed E-state index contributed by atoms with van der Waals surface area (Å²) in [5.74, 6) is -0.0630. The molecule has 1 saturated heterocycles. The Kier molecular flexibility index (Phi) is 4.94. The first-order valence-electron chi connectivity index (χ1n) is 9.60. The predicted octanol–water partition coefficient (Wildman–Crippen LogP) is 2.64. The summed E-state index contributed by atoms with van der Waals surface area (Å²) in [6.45, 7) is 3.35. The first-order chi connectivity index (χ1) is 13.1. The van der Waals surface area contributed by atoms with E-state index in [1.807, 2.05) is 43.3 Å². The van der Waals surface area contributed by atoms with Crippen LogP contribution >= 0.6 is 0 Å². The van der Waals surface area contributed by atoms with E-state index in [-0.39, 0.29) is 17.9 Å². The first-order valence-corrected chi connectivity index (χ1v) is 9.60. The lowest BCUT2D eigenvalue weighted by Crippen LogP contribution is -2.53. The molecular weight excluding hydrogens is 338 g/mol. The van der Waals surface area contributed by atoms with Crippen molar-refractivity contribution < 1.29 is 9.59 Å². The summed E-state index contributed by atoms with van der Waals surface area (Å²) in [4.78, 5) is 27.6. The van der Waals surface area contributed by atoms with Gasteiger partial charge in [0.15, 0.2) is 0 Å². The molecule has 2 amide bonds. The molecule has 0 aromatic heterocycles. The zero-order valence-electron chi connectivity index (χ0n) is 15.6. The number of nitrogens with zero attached hydrogens (tertiary/aromatic N) is 1. The minimum atomic E-state index is -0.391. The van der Waals surface area contributed by atoms with Gasteiger partial charge in [0.25, 0.3) is 0 Å². The van der Waals surface area contributed by atoms with Crippen LogP contribution in [0.25, 0.3) is 0 Å². The molecule has 0 saturated carbocycles. The molecule has 2 atom stereocenters. The molecule has 0 unspecified atom stereocenters. The normalized spacial score (nSPS) is 21.6. The third-order valence-corrected chi connectivity index (χ3v) is 5.54. The molecule has 0 bridgehead atoms. The molecule has 2 aliphatic heterocycles. The summed E-state index contributed by atoms with van der Waals surface area (Å²) < 4.78 is 0. The maximum atomic E-state index is 13.1. The van der Waals surface area contributed by atoms with Crippen LogP contribution in [0.15, 0.2) is 48.5 Å². The number of amides is 2. The quantitative estimate of drug-likeness (QED) is 0.881. The van der Waals surface area contributed by atoms with E-state index < -0.39 is 6.04 Å². The highest BCUT2D eigenvalue weighted by molar-refractivity contribution is 5.98. The van der Waals surface area contributed by atoms with E-state index in [2.05, 4.69) is 22.8 Å². The fraction of sp³-hybridized carbons (Fsp3) is 0.364. The highest BCUT2D eigenvalue weighted by atomic mass is 16.2. The van der Waals surface area contributed by atoms with E-state index in [4.69, 9.17) is 0 Å². The lowest BCUT2D eigenvalue weighted by molar-refractivity contribution is -0.138. The molecule has 2 heterocycles. The largest absolute Gasteiger partial charge is 0.329 e. The van der Waals surface area contributed by atoms with Crippen molar-refractivity contribution in [1.82, 2.24) is 10.2 Å². The first kappa shape index (κ1) is 17.7. The van der Waals surface area contributed by atoms with Gasteiger partial charge in [0, 0.05) is 18.8 Å². The highest BCUT2D eigenvalue weighted by Gasteiger charge is 2.38. The van der Waals surface area contributed by atoms with Crippen molar-refractivity contribution >= 4 is 17.5 Å². The van der Waals surface area contributed by atoms with E-state index in [1.54, 1.807) is 4.90 Å². The fourth-order valence-electron chi connectivity index (χ4n) is 3.99. The SMILES string of the molecule is Cc1ccc(NC(=O)[C@H]2CCCN2C(=O)[C@@H]2Cc3ccccc3CN2)cc1. The molecule has 2 aliphatic rings. The number of aryl methyl sites for hydroxylation is 1. The molecule has 4 rings (SSSR count). The second-order valence-electron chi connectivity index (χ2n) is 7.45. The van der Waals surface area contributed by atoms with Crippen molar-refractivity contribution in [2.24, 2.45) is 0 Å². The number of rotatable bonds is 3. The van der Waals surface area contributed by atoms with Crippen LogP contribution in [0.4, 0.5) is 5.69 Å². The zero-order chi connectivity index (χ0) is 18.8. The Balaban J connectivity index is 1.44. The molecule has 2 aromatic carbocycles. The van der Waals surface area contributed by atoms with Crippen LogP contribution in [-0.4, -0.2) is 35.3 Å². The lowest BCUT2D eigenvalue weighted by Gasteiger charge is -2.31. The maximum Gasteiger partial charge on any atom is 0.247 e. The molecule has 5 heteroatoms. The Bertz CT molecular complexity index is 847. The van der Waals surface area contributed by atoms with Gasteiger partial charge in [-0.2, -0.15) is 0 Å². The van der Waals surface area contributed by atoms with Crippen LogP contribution in [0.2, 0.25) is 0 Å². The van der Waals surface area contributed by atoms with Crippen molar-refractivity contribution in [3.8, 4) is 0 Å². The van der Waals surface area contributed by atoms with Crippen molar-refractivity contribution in [3.05, 3.63) is 65.2 Å². The standard InChI is InChI=1S/C22H25N3O2/c1-15-8-10-18(11-9-15)24-21(26)20-7-4-12-25(20)22(27)19-13-16-5-2-3-6-17(16)14-23-19/h2-3,5-6,8-11,19-20,23H,4,7,12-14H2,1H3,(H,24,26)/t19-,20+/m0/s1. The maximum absolute atomic E-state index is 13.1. The zero-order valence-corrected chi connectivity index (χ0v) is 15.6. The van der Waals surface area contributed by atoms with Gasteiger partial charge in [-0.25, -0.2) is 0 Å². The van der Waals surface area contributed by atoms with Gasteiger partial charge in [-0.1, -0.05) is 42.0 Å². The number of hydrogen-bond donors (Lipinski definition) is 2. The van der Waals surface area contributed by atoms with Gasteiger partial charge in [0.05, 0.1) is 6.04 Å². The van der Waals surface area contributed by atoms with Gasteiger partial charge in [0.1, 0.15) is 6.04 Å². The van der Waals surface area contributed by atoms with Crippen LogP contribution in [0.5, 0.6) is 0 Å². The van der Waals surface area contributed by atoms with Crippen LogP contribution in [0, 0.1) is 6.92 Å². The molecule has 0 radical (unpaired) electrons. The fourth-order valence-corrected chi connectivity index (χ4v) is 3.99. The third-order valence-electron chi connectivity index (χ3n) is 5.54. The number of anilines is 1. The van der Waals surface area contributed by atoms with Gasteiger partial charge in [-0.15, -0.1) is 0 Å². The topological polar surface area (TPSA) is 61.4 Å². The average Bonchev–Trinajstić information content (AvgIpc) is 3.19. The number of carbonyl (C=O) groups is 2. The van der Waals surface area contributed by atoms with Gasteiger partial charge in [0.2, 0.25) is 11.8 Å². The van der Waals surface area contributed by atoms with Crippen molar-refractivity contribution in [2.75, 3.05) is 11.9 Å². The van der Waals surface area contributed by atoms with Gasteiger partial charge >= 0.3 is 0 Å². The third kappa shape index (κ3) is 3.74. The Morgan fingerprint density at radius 1 is 1.07 bits per heavy atom. The van der Waals surface area contributed by atoms with E-state index >= 15 is 0 Å². The van der Waals surface area contributed by atoms with Crippen LogP contribution in [0.3, 0.4) is 0 Å². The number of fused-ring (bicyclic) bond motifs is 1. The minimum absolute atomic E-state index is 0.0334. The molecule has 1 fully saturated rings. The number of nitrogens with one attached hydrogen (secondary N) is 2. The summed E-state index contributed by atoms with van der Waals surface area (Å²) in [6.07, 6.45) is 2.26. The van der Waals surface area contributed by atoms with Crippen molar-refractivity contribution in [2.45, 2.75) is 44.8 Å². The second kappa shape index (κ2) is 7.53. The Hall–Kier alpha value is -2.66. The average molecular weight is 363 g/mol. The Morgan fingerprint density at radius 3 is 2.59 bits per heavy atom. The molecule has 5 nitrogen and oxygen atoms in total. The molecule has 0 spiro atoms. The molecule has 0 aliphatic carbocycles. The van der Waals surface area contributed by atoms with E-state index in [1.165, 1.54) is 11.1 Å². The van der Waals surface area contributed by atoms with Crippen molar-refractivity contribution in [3.63, 3.8) is 0 Å². The number of carbonyl (C=O) groups excluding carboxylic acids is 2. The van der Waals surface area contributed by atoms with Gasteiger partial charge in [-0.3, -0.25) is 9.59 Å². The molecular formula is C22H25N3O2. The van der Waals surface area contributed by atoms with Crippen LogP contribution in [-0.2, 0) is 22.6 Å². The number of hydrogen-bond acceptors (Lipinski definition) is 3. The Labute approximate surface area is 159 Å². The molecule has 27 heavy (non-hydrogen) atoms. The van der Waals surface area contributed by atoms with Crippen LogP contribution in [0.1, 0.15) is 29.5 Å². The summed E-state index contributed by atoms with van der Waals surface area (Å²) >= 11 is 0. The Morgan fingerprint density at radius 2 is 1.81 bits per heavy atom. The van der Waals surface area contributed by atoms with Crippen molar-refractivity contribution in [1.29, 1.82) is 0 Å². The molecule has 140 valence electrons. The van der Waals surface area contributed by atoms with E-state index in [0.717, 1.165) is 17.7 Å². The summed E-state index contributed by atoms with van der Waals surface area (Å²) in [5.41, 5.74) is 4.38. The van der Waals surface area contributed by atoms with Gasteiger partial charge < -0.3 is 15.5 Å². The second-order valence-corrected chi connectivity index (χ2v) is 7.45. The molecule has 2 N–H and O–H groups in total. The number of likely N-dealkylation sites (tertiary alicyclic amines) is 1. The summed E-state index contributed by atoms with van der Waals surface area (Å²) in [7, 11) is 0. The monoisotopic (exact) mass is 363 g/mol. The summed E-state index contributed by atoms with van der Waals surface area (Å²) in [5, 5.41) is 6.31. The summed E-state index contributed by atoms with van der Waals surface area (Å²) in [6, 6.07) is 15.3. The molecule has 2 aromatic rings.